The highest BCUT2D eigenvalue weighted by Gasteiger charge is 2.70. The smallest absolute Gasteiger partial charge is 0.403 e. The number of carbonyl (C=O) groups is 1. The molecule has 0 bridgehead atoms. The van der Waals surface area contributed by atoms with Crippen molar-refractivity contribution in [2.45, 2.75) is 58.0 Å². The Morgan fingerprint density at radius 2 is 1.41 bits per heavy atom. The maximum Gasteiger partial charge on any atom is 0.403 e. The van der Waals surface area contributed by atoms with Crippen molar-refractivity contribution in [3.05, 3.63) is 12.2 Å². The van der Waals surface area contributed by atoms with Gasteiger partial charge in [0.25, 0.3) is 0 Å². The van der Waals surface area contributed by atoms with Gasteiger partial charge in [-0.25, -0.2) is 4.79 Å². The van der Waals surface area contributed by atoms with Crippen LogP contribution in [0.1, 0.15) is 39.5 Å². The summed E-state index contributed by atoms with van der Waals surface area (Å²) in [6.45, 7) is 4.99. The first-order valence-electron chi connectivity index (χ1n) is 6.80. The quantitative estimate of drug-likeness (QED) is 0.422. The van der Waals surface area contributed by atoms with Crippen LogP contribution in [-0.4, -0.2) is 24.4 Å². The largest absolute Gasteiger partial charge is 0.459 e. The summed E-state index contributed by atoms with van der Waals surface area (Å²) in [7, 11) is 0. The Bertz CT molecular complexity index is 416. The van der Waals surface area contributed by atoms with E-state index in [1.165, 1.54) is 6.92 Å². The lowest BCUT2D eigenvalue weighted by molar-refractivity contribution is -0.354. The second-order valence-electron chi connectivity index (χ2n) is 5.86. The molecule has 0 atom stereocenters. The molecule has 0 saturated heterocycles. The minimum absolute atomic E-state index is 0.0224. The van der Waals surface area contributed by atoms with Crippen molar-refractivity contribution >= 4 is 5.97 Å². The molecule has 0 aliphatic heterocycles. The van der Waals surface area contributed by atoms with Crippen molar-refractivity contribution in [3.63, 3.8) is 0 Å². The van der Waals surface area contributed by atoms with E-state index in [0.29, 0.717) is 0 Å². The van der Waals surface area contributed by atoms with E-state index in [1.54, 1.807) is 0 Å². The highest BCUT2D eigenvalue weighted by molar-refractivity contribution is 5.87. The summed E-state index contributed by atoms with van der Waals surface area (Å²) in [5.74, 6) is -2.26. The van der Waals surface area contributed by atoms with Crippen LogP contribution in [0, 0.1) is 11.3 Å². The zero-order valence-corrected chi connectivity index (χ0v) is 12.3. The van der Waals surface area contributed by atoms with Crippen molar-refractivity contribution in [1.82, 2.24) is 0 Å². The van der Waals surface area contributed by atoms with E-state index >= 15 is 0 Å². The van der Waals surface area contributed by atoms with E-state index in [1.807, 2.05) is 0 Å². The number of hydrogen-bond acceptors (Lipinski definition) is 2. The zero-order chi connectivity index (χ0) is 17.3. The van der Waals surface area contributed by atoms with E-state index in [2.05, 4.69) is 6.58 Å². The number of hydrogen-bond donors (Lipinski definition) is 0. The molecule has 1 aliphatic rings. The van der Waals surface area contributed by atoms with E-state index in [4.69, 9.17) is 4.74 Å². The molecule has 2 nitrogen and oxygen atoms in total. The number of esters is 1. The molecule has 22 heavy (non-hydrogen) atoms. The zero-order valence-electron chi connectivity index (χ0n) is 12.3. The van der Waals surface area contributed by atoms with E-state index in [0.717, 1.165) is 0 Å². The van der Waals surface area contributed by atoms with Crippen LogP contribution in [-0.2, 0) is 9.53 Å². The molecule has 8 heteroatoms. The van der Waals surface area contributed by atoms with Gasteiger partial charge in [-0.3, -0.25) is 0 Å². The summed E-state index contributed by atoms with van der Waals surface area (Å²) in [5, 5.41) is 0. The van der Waals surface area contributed by atoms with Crippen LogP contribution in [0.4, 0.5) is 26.3 Å². The van der Waals surface area contributed by atoms with E-state index in [9.17, 15) is 31.1 Å². The van der Waals surface area contributed by atoms with Crippen molar-refractivity contribution in [2.24, 2.45) is 11.3 Å². The first-order valence-corrected chi connectivity index (χ1v) is 6.80. The number of halogens is 6. The summed E-state index contributed by atoms with van der Waals surface area (Å²) >= 11 is 0. The van der Waals surface area contributed by atoms with Crippen LogP contribution in [0.2, 0.25) is 0 Å². The Morgan fingerprint density at radius 1 is 1.00 bits per heavy atom. The Morgan fingerprint density at radius 3 is 1.73 bits per heavy atom. The summed E-state index contributed by atoms with van der Waals surface area (Å²) in [5.41, 5.74) is -3.61. The first kappa shape index (κ1) is 18.8. The third-order valence-electron chi connectivity index (χ3n) is 4.29. The van der Waals surface area contributed by atoms with Gasteiger partial charge in [0.05, 0.1) is 0 Å². The Balaban J connectivity index is 2.81. The van der Waals surface area contributed by atoms with Gasteiger partial charge in [0.1, 0.15) is 6.10 Å². The lowest BCUT2D eigenvalue weighted by atomic mass is 9.68. The predicted octanol–water partition coefficient (Wildman–Crippen LogP) is 4.80. The van der Waals surface area contributed by atoms with Crippen LogP contribution >= 0.6 is 0 Å². The topological polar surface area (TPSA) is 26.3 Å². The van der Waals surface area contributed by atoms with Gasteiger partial charge in [-0.2, -0.15) is 26.3 Å². The molecule has 0 N–H and O–H groups in total. The van der Waals surface area contributed by atoms with Gasteiger partial charge >= 0.3 is 18.3 Å². The minimum atomic E-state index is -5.38. The highest BCUT2D eigenvalue weighted by Crippen LogP contribution is 2.58. The van der Waals surface area contributed by atoms with Crippen LogP contribution < -0.4 is 0 Å². The van der Waals surface area contributed by atoms with Crippen LogP contribution in [0.15, 0.2) is 12.2 Å². The fourth-order valence-electron chi connectivity index (χ4n) is 2.63. The van der Waals surface area contributed by atoms with Gasteiger partial charge in [0.15, 0.2) is 5.41 Å². The second-order valence-corrected chi connectivity index (χ2v) is 5.86. The van der Waals surface area contributed by atoms with Gasteiger partial charge in [-0.15, -0.1) is 0 Å². The third kappa shape index (κ3) is 3.57. The average molecular weight is 332 g/mol. The molecule has 1 rings (SSSR count). The monoisotopic (exact) mass is 332 g/mol. The molecule has 1 fully saturated rings. The Kier molecular flexibility index (Phi) is 5.24. The molecule has 0 heterocycles. The number of carbonyl (C=O) groups excluding carboxylic acids is 1. The molecule has 0 aromatic rings. The highest BCUT2D eigenvalue weighted by atomic mass is 19.4. The Labute approximate surface area is 124 Å². The molecular weight excluding hydrogens is 314 g/mol. The summed E-state index contributed by atoms with van der Waals surface area (Å²) in [6.07, 6.45) is -12.1. The van der Waals surface area contributed by atoms with Crippen LogP contribution in [0.5, 0.6) is 0 Å². The van der Waals surface area contributed by atoms with Crippen molar-refractivity contribution in [3.8, 4) is 0 Å². The molecule has 0 unspecified atom stereocenters. The van der Waals surface area contributed by atoms with Crippen molar-refractivity contribution in [2.75, 3.05) is 0 Å². The fraction of sp³-hybridized carbons (Fsp3) is 0.786. The maximum atomic E-state index is 13.0. The normalized spacial score (nSPS) is 24.0. The van der Waals surface area contributed by atoms with Crippen molar-refractivity contribution < 1.29 is 35.9 Å². The first-order chi connectivity index (χ1) is 9.80. The van der Waals surface area contributed by atoms with Gasteiger partial charge in [-0.1, -0.05) is 6.58 Å². The van der Waals surface area contributed by atoms with E-state index in [-0.39, 0.29) is 38.2 Å². The fourth-order valence-corrected chi connectivity index (χ4v) is 2.63. The van der Waals surface area contributed by atoms with Gasteiger partial charge in [0.2, 0.25) is 0 Å². The molecule has 0 aromatic heterocycles. The summed E-state index contributed by atoms with van der Waals surface area (Å²) < 4.78 is 82.9. The number of ether oxygens (including phenoxy) is 1. The average Bonchev–Trinajstić information content (AvgIpc) is 2.35. The minimum Gasteiger partial charge on any atom is -0.459 e. The van der Waals surface area contributed by atoms with Crippen LogP contribution in [0.25, 0.3) is 0 Å². The molecule has 0 amide bonds. The van der Waals surface area contributed by atoms with Crippen LogP contribution in [0.3, 0.4) is 0 Å². The van der Waals surface area contributed by atoms with Gasteiger partial charge < -0.3 is 4.74 Å². The third-order valence-corrected chi connectivity index (χ3v) is 4.29. The molecule has 1 aliphatic carbocycles. The van der Waals surface area contributed by atoms with Gasteiger partial charge in [0, 0.05) is 5.57 Å². The number of rotatable bonds is 3. The molecule has 0 spiro atoms. The molecule has 0 radical (unpaired) electrons. The molecular formula is C14H18F6O2. The predicted molar refractivity (Wildman–Crippen MR) is 66.9 cm³/mol. The van der Waals surface area contributed by atoms with Gasteiger partial charge in [-0.05, 0) is 45.4 Å². The Hall–Kier alpha value is -1.21. The number of alkyl halides is 6. The molecule has 128 valence electrons. The second kappa shape index (κ2) is 6.12. The molecule has 1 saturated carbocycles. The van der Waals surface area contributed by atoms with Crippen molar-refractivity contribution in [1.29, 1.82) is 0 Å². The summed E-state index contributed by atoms with van der Waals surface area (Å²) in [6, 6.07) is 0. The SMILES string of the molecule is C=C(C)C(=O)OC1CCC(C(C)(C(F)(F)F)C(F)(F)F)CC1. The van der Waals surface area contributed by atoms with E-state index < -0.39 is 35.8 Å². The lowest BCUT2D eigenvalue weighted by Gasteiger charge is -2.43. The standard InChI is InChI=1S/C14H18F6O2/c1-8(2)11(21)22-10-6-4-9(5-7-10)12(3,13(15,16)17)14(18,19)20/h9-10H,1,4-7H2,2-3H3. The summed E-state index contributed by atoms with van der Waals surface area (Å²) in [4.78, 5) is 11.3. The lowest BCUT2D eigenvalue weighted by Crippen LogP contribution is -2.53. The maximum absolute atomic E-state index is 13.0. The molecule has 0 aromatic carbocycles.